The van der Waals surface area contributed by atoms with Crippen molar-refractivity contribution in [2.45, 2.75) is 52.1 Å². The van der Waals surface area contributed by atoms with Gasteiger partial charge in [-0.05, 0) is 43.7 Å². The van der Waals surface area contributed by atoms with Gasteiger partial charge in [-0.25, -0.2) is 13.1 Å². The van der Waals surface area contributed by atoms with Crippen LogP contribution in [0.15, 0.2) is 30.5 Å². The SMILES string of the molecule is Cc1ccccc1-n1ncc(NS(=O)(=O)CC2CCCCO2)c1C(C)C. The zero-order valence-corrected chi connectivity index (χ0v) is 16.4. The zero-order valence-electron chi connectivity index (χ0n) is 15.6. The van der Waals surface area contributed by atoms with Crippen LogP contribution in [-0.2, 0) is 14.8 Å². The van der Waals surface area contributed by atoms with Crippen molar-refractivity contribution in [2.24, 2.45) is 0 Å². The number of ether oxygens (including phenoxy) is 1. The van der Waals surface area contributed by atoms with Gasteiger partial charge in [0.15, 0.2) is 0 Å². The minimum absolute atomic E-state index is 0.0138. The average Bonchev–Trinajstić information content (AvgIpc) is 2.98. The molecule has 0 amide bonds. The lowest BCUT2D eigenvalue weighted by Crippen LogP contribution is -2.31. The lowest BCUT2D eigenvalue weighted by atomic mass is 10.1. The van der Waals surface area contributed by atoms with Gasteiger partial charge >= 0.3 is 0 Å². The second kappa shape index (κ2) is 7.80. The summed E-state index contributed by atoms with van der Waals surface area (Å²) in [6.45, 7) is 6.73. The van der Waals surface area contributed by atoms with Gasteiger partial charge in [0.1, 0.15) is 0 Å². The molecule has 0 saturated carbocycles. The summed E-state index contributed by atoms with van der Waals surface area (Å²) in [5.41, 5.74) is 3.44. The number of nitrogens with zero attached hydrogens (tertiary/aromatic N) is 2. The first kappa shape index (κ1) is 18.9. The summed E-state index contributed by atoms with van der Waals surface area (Å²) in [5.74, 6) is 0.0980. The molecule has 0 aliphatic carbocycles. The Balaban J connectivity index is 1.87. The number of aryl methyl sites for hydroxylation is 1. The predicted octanol–water partition coefficient (Wildman–Crippen LogP) is 3.61. The minimum atomic E-state index is -3.50. The highest BCUT2D eigenvalue weighted by Crippen LogP contribution is 2.29. The molecule has 2 heterocycles. The average molecular weight is 378 g/mol. The third kappa shape index (κ3) is 4.27. The molecule has 6 nitrogen and oxygen atoms in total. The normalized spacial score (nSPS) is 18.2. The maximum atomic E-state index is 12.6. The molecule has 142 valence electrons. The summed E-state index contributed by atoms with van der Waals surface area (Å²) in [6, 6.07) is 7.94. The van der Waals surface area contributed by atoms with Gasteiger partial charge in [-0.3, -0.25) is 4.72 Å². The first-order valence-corrected chi connectivity index (χ1v) is 10.8. The molecular weight excluding hydrogens is 350 g/mol. The molecule has 3 rings (SSSR count). The summed E-state index contributed by atoms with van der Waals surface area (Å²) < 4.78 is 35.4. The van der Waals surface area contributed by atoms with Crippen LogP contribution in [0.4, 0.5) is 5.69 Å². The van der Waals surface area contributed by atoms with Crippen LogP contribution >= 0.6 is 0 Å². The van der Waals surface area contributed by atoms with Crippen molar-refractivity contribution in [2.75, 3.05) is 17.1 Å². The second-order valence-corrected chi connectivity index (χ2v) is 8.94. The highest BCUT2D eigenvalue weighted by molar-refractivity contribution is 7.92. The van der Waals surface area contributed by atoms with E-state index in [2.05, 4.69) is 9.82 Å². The molecule has 0 bridgehead atoms. The van der Waals surface area contributed by atoms with Crippen molar-refractivity contribution in [1.82, 2.24) is 9.78 Å². The number of para-hydroxylation sites is 1. The standard InChI is InChI=1S/C19H27N3O3S/c1-14(2)19-17(12-20-22(19)18-10-5-4-8-15(18)3)21-26(23,24)13-16-9-6-7-11-25-16/h4-5,8,10,12,14,16,21H,6-7,9,11,13H2,1-3H3. The maximum Gasteiger partial charge on any atom is 0.235 e. The molecular formula is C19H27N3O3S. The number of sulfonamides is 1. The van der Waals surface area contributed by atoms with E-state index in [0.717, 1.165) is 36.2 Å². The molecule has 1 aromatic carbocycles. The Kier molecular flexibility index (Phi) is 5.67. The Hall–Kier alpha value is -1.86. The Morgan fingerprint density at radius 3 is 2.73 bits per heavy atom. The number of benzene rings is 1. The van der Waals surface area contributed by atoms with E-state index < -0.39 is 10.0 Å². The van der Waals surface area contributed by atoms with Gasteiger partial charge in [0.25, 0.3) is 0 Å². The van der Waals surface area contributed by atoms with E-state index in [4.69, 9.17) is 4.74 Å². The fraction of sp³-hybridized carbons (Fsp3) is 0.526. The van der Waals surface area contributed by atoms with E-state index in [9.17, 15) is 8.42 Å². The smallest absolute Gasteiger partial charge is 0.235 e. The fourth-order valence-electron chi connectivity index (χ4n) is 3.38. The Morgan fingerprint density at radius 2 is 2.08 bits per heavy atom. The summed E-state index contributed by atoms with van der Waals surface area (Å²) in [7, 11) is -3.50. The lowest BCUT2D eigenvalue weighted by molar-refractivity contribution is 0.0306. The molecule has 0 radical (unpaired) electrons. The lowest BCUT2D eigenvalue weighted by Gasteiger charge is -2.22. The predicted molar refractivity (Wildman–Crippen MR) is 103 cm³/mol. The van der Waals surface area contributed by atoms with Gasteiger partial charge in [-0.15, -0.1) is 0 Å². The van der Waals surface area contributed by atoms with Gasteiger partial charge < -0.3 is 4.74 Å². The van der Waals surface area contributed by atoms with Gasteiger partial charge in [0, 0.05) is 6.61 Å². The van der Waals surface area contributed by atoms with Crippen LogP contribution in [0.1, 0.15) is 50.3 Å². The van der Waals surface area contributed by atoms with E-state index in [-0.39, 0.29) is 17.8 Å². The number of hydrogen-bond acceptors (Lipinski definition) is 4. The molecule has 26 heavy (non-hydrogen) atoms. The third-order valence-electron chi connectivity index (χ3n) is 4.64. The third-order valence-corrected chi connectivity index (χ3v) is 5.98. The minimum Gasteiger partial charge on any atom is -0.377 e. The largest absolute Gasteiger partial charge is 0.377 e. The molecule has 1 aliphatic heterocycles. The van der Waals surface area contributed by atoms with E-state index in [1.54, 1.807) is 6.20 Å². The maximum absolute atomic E-state index is 12.6. The summed E-state index contributed by atoms with van der Waals surface area (Å²) >= 11 is 0. The van der Waals surface area contributed by atoms with Crippen molar-refractivity contribution in [1.29, 1.82) is 0 Å². The first-order chi connectivity index (χ1) is 12.4. The van der Waals surface area contributed by atoms with E-state index in [1.807, 2.05) is 49.7 Å². The van der Waals surface area contributed by atoms with Crippen LogP contribution in [0.3, 0.4) is 0 Å². The monoisotopic (exact) mass is 377 g/mol. The molecule has 0 spiro atoms. The molecule has 7 heteroatoms. The van der Waals surface area contributed by atoms with Gasteiger partial charge in [-0.2, -0.15) is 5.10 Å². The van der Waals surface area contributed by atoms with Crippen LogP contribution < -0.4 is 4.72 Å². The number of anilines is 1. The number of hydrogen-bond donors (Lipinski definition) is 1. The molecule has 1 aliphatic rings. The number of nitrogens with one attached hydrogen (secondary N) is 1. The van der Waals surface area contributed by atoms with Crippen LogP contribution in [0.2, 0.25) is 0 Å². The Bertz CT molecular complexity index is 853. The summed E-state index contributed by atoms with van der Waals surface area (Å²) in [5, 5.41) is 4.46. The van der Waals surface area contributed by atoms with E-state index >= 15 is 0 Å². The molecule has 1 fully saturated rings. The first-order valence-electron chi connectivity index (χ1n) is 9.13. The fourth-order valence-corrected chi connectivity index (χ4v) is 4.71. The van der Waals surface area contributed by atoms with Gasteiger partial charge in [0.05, 0.1) is 35.1 Å². The van der Waals surface area contributed by atoms with Crippen LogP contribution in [-0.4, -0.2) is 36.7 Å². The molecule has 1 unspecified atom stereocenters. The molecule has 1 aromatic heterocycles. The number of rotatable bonds is 6. The highest BCUT2D eigenvalue weighted by atomic mass is 32.2. The number of aromatic nitrogens is 2. The molecule has 1 N–H and O–H groups in total. The van der Waals surface area contributed by atoms with E-state index in [0.29, 0.717) is 12.3 Å². The summed E-state index contributed by atoms with van der Waals surface area (Å²) in [6.07, 6.45) is 4.18. The Labute approximate surface area is 155 Å². The van der Waals surface area contributed by atoms with Crippen LogP contribution in [0.5, 0.6) is 0 Å². The Morgan fingerprint density at radius 1 is 1.31 bits per heavy atom. The molecule has 2 aromatic rings. The topological polar surface area (TPSA) is 73.2 Å². The van der Waals surface area contributed by atoms with Crippen molar-refractivity contribution in [3.8, 4) is 5.69 Å². The second-order valence-electron chi connectivity index (χ2n) is 7.17. The molecule has 1 saturated heterocycles. The van der Waals surface area contributed by atoms with Crippen LogP contribution in [0, 0.1) is 6.92 Å². The molecule has 1 atom stereocenters. The van der Waals surface area contributed by atoms with Gasteiger partial charge in [-0.1, -0.05) is 32.0 Å². The van der Waals surface area contributed by atoms with Crippen LogP contribution in [0.25, 0.3) is 5.69 Å². The highest BCUT2D eigenvalue weighted by Gasteiger charge is 2.25. The van der Waals surface area contributed by atoms with Gasteiger partial charge in [0.2, 0.25) is 10.0 Å². The van der Waals surface area contributed by atoms with Crippen molar-refractivity contribution in [3.05, 3.63) is 41.7 Å². The summed E-state index contributed by atoms with van der Waals surface area (Å²) in [4.78, 5) is 0. The van der Waals surface area contributed by atoms with Crippen molar-refractivity contribution >= 4 is 15.7 Å². The quantitative estimate of drug-likeness (QED) is 0.834. The van der Waals surface area contributed by atoms with Crippen molar-refractivity contribution < 1.29 is 13.2 Å². The van der Waals surface area contributed by atoms with Crippen molar-refractivity contribution in [3.63, 3.8) is 0 Å². The van der Waals surface area contributed by atoms with E-state index in [1.165, 1.54) is 0 Å². The zero-order chi connectivity index (χ0) is 18.7.